The minimum atomic E-state index is -3.63. The fraction of sp³-hybridized carbons (Fsp3) is 0.414. The minimum absolute atomic E-state index is 0.0739. The number of benzene rings is 1. The van der Waals surface area contributed by atoms with Gasteiger partial charge in [-0.15, -0.1) is 0 Å². The molecule has 1 amide bonds. The summed E-state index contributed by atoms with van der Waals surface area (Å²) in [5.74, 6) is -2.03. The molecule has 4 N–H and O–H groups in total. The highest BCUT2D eigenvalue weighted by Gasteiger charge is 2.30. The summed E-state index contributed by atoms with van der Waals surface area (Å²) in [5, 5.41) is 31.3. The van der Waals surface area contributed by atoms with Gasteiger partial charge in [-0.05, 0) is 56.4 Å². The van der Waals surface area contributed by atoms with E-state index in [1.165, 1.54) is 16.1 Å². The van der Waals surface area contributed by atoms with Crippen LogP contribution in [0.5, 0.6) is 0 Å². The van der Waals surface area contributed by atoms with Gasteiger partial charge in [-0.1, -0.05) is 24.3 Å². The number of carbonyl (C=O) groups is 3. The second-order valence-electron chi connectivity index (χ2n) is 10.7. The van der Waals surface area contributed by atoms with E-state index in [-0.39, 0.29) is 23.4 Å². The van der Waals surface area contributed by atoms with Gasteiger partial charge in [0.25, 0.3) is 0 Å². The van der Waals surface area contributed by atoms with E-state index in [0.29, 0.717) is 50.6 Å². The number of hydrogen-bond acceptors (Lipinski definition) is 9. The lowest BCUT2D eigenvalue weighted by Crippen LogP contribution is -2.50. The standard InChI is InChI=1S/C25H32N6O3S.C4H4O4/c1-25(2,29-16-24(32)31-12-5-8-21(31)14-26)18-28-23-10-9-22(15-27-23)35(33,34)30-13-11-19-6-3-4-7-20(19)17-30;5-3(6)1-2-4(7)8/h3-4,6-7,9-10,15,21,29H,5,8,11-13,16-18H2,1-2H3,(H,27,28);1-2H,(H,5,6)(H,7,8)/b;2-1+/t21-;/m0./s1. The van der Waals surface area contributed by atoms with Gasteiger partial charge in [-0.25, -0.2) is 23.0 Å². The van der Waals surface area contributed by atoms with Crippen molar-refractivity contribution in [2.75, 3.05) is 31.5 Å². The first-order chi connectivity index (χ1) is 20.3. The monoisotopic (exact) mass is 612 g/mol. The zero-order valence-electron chi connectivity index (χ0n) is 24.1. The van der Waals surface area contributed by atoms with Crippen molar-refractivity contribution in [1.29, 1.82) is 5.26 Å². The molecule has 3 heterocycles. The fourth-order valence-electron chi connectivity index (χ4n) is 4.59. The number of hydrogen-bond donors (Lipinski definition) is 4. The van der Waals surface area contributed by atoms with E-state index in [9.17, 15) is 28.1 Å². The molecule has 43 heavy (non-hydrogen) atoms. The molecule has 0 unspecified atom stereocenters. The number of fused-ring (bicyclic) bond motifs is 1. The van der Waals surface area contributed by atoms with E-state index in [2.05, 4.69) is 21.7 Å². The number of rotatable bonds is 10. The number of anilines is 1. The van der Waals surface area contributed by atoms with Gasteiger partial charge in [0.2, 0.25) is 15.9 Å². The quantitative estimate of drug-likeness (QED) is 0.286. The topological polar surface area (TPSA) is 193 Å². The Hall–Kier alpha value is -4.32. The smallest absolute Gasteiger partial charge is 0.328 e. The zero-order chi connectivity index (χ0) is 31.6. The van der Waals surface area contributed by atoms with Crippen LogP contribution in [0.4, 0.5) is 5.82 Å². The molecule has 0 spiro atoms. The number of pyridine rings is 1. The van der Waals surface area contributed by atoms with Gasteiger partial charge in [0, 0.05) is 50.1 Å². The maximum Gasteiger partial charge on any atom is 0.328 e. The van der Waals surface area contributed by atoms with Crippen molar-refractivity contribution in [1.82, 2.24) is 19.5 Å². The predicted molar refractivity (Wildman–Crippen MR) is 157 cm³/mol. The van der Waals surface area contributed by atoms with Crippen molar-refractivity contribution < 1.29 is 33.0 Å². The molecule has 1 aromatic heterocycles. The Morgan fingerprint density at radius 2 is 1.77 bits per heavy atom. The molecule has 0 bridgehead atoms. The average Bonchev–Trinajstić information content (AvgIpc) is 3.47. The molecule has 0 aliphatic carbocycles. The van der Waals surface area contributed by atoms with Crippen LogP contribution >= 0.6 is 0 Å². The highest BCUT2D eigenvalue weighted by molar-refractivity contribution is 7.89. The Morgan fingerprint density at radius 3 is 2.37 bits per heavy atom. The molecule has 1 aromatic carbocycles. The Kier molecular flexibility index (Phi) is 11.4. The molecule has 4 rings (SSSR count). The van der Waals surface area contributed by atoms with Crippen LogP contribution in [0.3, 0.4) is 0 Å². The molecule has 2 aliphatic rings. The maximum absolute atomic E-state index is 13.1. The number of carbonyl (C=O) groups excluding carboxylic acids is 1. The zero-order valence-corrected chi connectivity index (χ0v) is 24.9. The van der Waals surface area contributed by atoms with E-state index in [4.69, 9.17) is 10.2 Å². The van der Waals surface area contributed by atoms with Gasteiger partial charge >= 0.3 is 11.9 Å². The Morgan fingerprint density at radius 1 is 1.09 bits per heavy atom. The third kappa shape index (κ3) is 9.60. The number of carboxylic acid groups (broad SMARTS) is 2. The SMILES string of the molecule is CC(C)(CNc1ccc(S(=O)(=O)N2CCc3ccccc3C2)cn1)NCC(=O)N1CCC[C@H]1C#N.O=C(O)/C=C/C(=O)O. The van der Waals surface area contributed by atoms with Crippen molar-refractivity contribution in [2.45, 2.75) is 56.1 Å². The first-order valence-electron chi connectivity index (χ1n) is 13.7. The van der Waals surface area contributed by atoms with Crippen molar-refractivity contribution in [3.63, 3.8) is 0 Å². The van der Waals surface area contributed by atoms with Crippen LogP contribution in [0.25, 0.3) is 0 Å². The predicted octanol–water partition coefficient (Wildman–Crippen LogP) is 1.84. The summed E-state index contributed by atoms with van der Waals surface area (Å²) >= 11 is 0. The van der Waals surface area contributed by atoms with E-state index >= 15 is 0 Å². The summed E-state index contributed by atoms with van der Waals surface area (Å²) in [6.07, 6.45) is 4.79. The van der Waals surface area contributed by atoms with Crippen LogP contribution in [0.15, 0.2) is 59.6 Å². The van der Waals surface area contributed by atoms with Crippen LogP contribution in [-0.4, -0.2) is 88.4 Å². The number of amides is 1. The van der Waals surface area contributed by atoms with Gasteiger partial charge in [-0.2, -0.15) is 9.57 Å². The second kappa shape index (κ2) is 14.7. The molecule has 13 nitrogen and oxygen atoms in total. The van der Waals surface area contributed by atoms with Crippen LogP contribution in [-0.2, 0) is 37.4 Å². The summed E-state index contributed by atoms with van der Waals surface area (Å²) in [4.78, 5) is 37.7. The molecule has 230 valence electrons. The van der Waals surface area contributed by atoms with E-state index < -0.39 is 27.5 Å². The largest absolute Gasteiger partial charge is 0.478 e. The fourth-order valence-corrected chi connectivity index (χ4v) is 5.96. The lowest BCUT2D eigenvalue weighted by molar-refractivity contribution is -0.134. The van der Waals surface area contributed by atoms with Crippen LogP contribution in [0.2, 0.25) is 0 Å². The molecule has 1 atom stereocenters. The van der Waals surface area contributed by atoms with Gasteiger partial charge in [-0.3, -0.25) is 4.79 Å². The third-order valence-electron chi connectivity index (χ3n) is 6.99. The van der Waals surface area contributed by atoms with E-state index in [0.717, 1.165) is 18.4 Å². The summed E-state index contributed by atoms with van der Waals surface area (Å²) in [6, 6.07) is 13.0. The molecular formula is C29H36N6O7S. The normalized spacial score (nSPS) is 17.0. The Balaban J connectivity index is 0.000000557. The number of likely N-dealkylation sites (tertiary alicyclic amines) is 1. The number of carboxylic acids is 2. The Bertz CT molecular complexity index is 1470. The second-order valence-corrected chi connectivity index (χ2v) is 12.6. The lowest BCUT2D eigenvalue weighted by Gasteiger charge is -2.29. The van der Waals surface area contributed by atoms with Gasteiger partial charge < -0.3 is 25.7 Å². The summed E-state index contributed by atoms with van der Waals surface area (Å²) in [5.41, 5.74) is 1.81. The molecule has 2 aliphatic heterocycles. The van der Waals surface area contributed by atoms with Gasteiger partial charge in [0.05, 0.1) is 12.6 Å². The molecule has 1 saturated heterocycles. The van der Waals surface area contributed by atoms with Gasteiger partial charge in [0.15, 0.2) is 0 Å². The van der Waals surface area contributed by atoms with Crippen molar-refractivity contribution in [3.05, 3.63) is 65.9 Å². The lowest BCUT2D eigenvalue weighted by atomic mass is 10.0. The van der Waals surface area contributed by atoms with E-state index in [1.807, 2.05) is 38.1 Å². The summed E-state index contributed by atoms with van der Waals surface area (Å²) in [7, 11) is -3.63. The summed E-state index contributed by atoms with van der Waals surface area (Å²) in [6.45, 7) is 5.99. The van der Waals surface area contributed by atoms with Crippen LogP contribution < -0.4 is 10.6 Å². The molecule has 0 radical (unpaired) electrons. The number of aromatic nitrogens is 1. The highest BCUT2D eigenvalue weighted by Crippen LogP contribution is 2.25. The van der Waals surface area contributed by atoms with Gasteiger partial charge in [0.1, 0.15) is 16.8 Å². The molecule has 0 saturated carbocycles. The molecular weight excluding hydrogens is 576 g/mol. The first kappa shape index (κ1) is 33.2. The van der Waals surface area contributed by atoms with Crippen molar-refractivity contribution in [3.8, 4) is 6.07 Å². The Labute approximate surface area is 250 Å². The maximum atomic E-state index is 13.1. The third-order valence-corrected chi connectivity index (χ3v) is 8.82. The van der Waals surface area contributed by atoms with Crippen LogP contribution in [0.1, 0.15) is 37.8 Å². The summed E-state index contributed by atoms with van der Waals surface area (Å²) < 4.78 is 27.8. The van der Waals surface area contributed by atoms with Crippen molar-refractivity contribution >= 4 is 33.7 Å². The number of sulfonamides is 1. The van der Waals surface area contributed by atoms with Crippen molar-refractivity contribution in [2.24, 2.45) is 0 Å². The molecule has 2 aromatic rings. The highest BCUT2D eigenvalue weighted by atomic mass is 32.2. The number of nitrogens with zero attached hydrogens (tertiary/aromatic N) is 4. The first-order valence-corrected chi connectivity index (χ1v) is 15.1. The number of nitrogens with one attached hydrogen (secondary N) is 2. The number of aliphatic carboxylic acids is 2. The minimum Gasteiger partial charge on any atom is -0.478 e. The molecule has 1 fully saturated rings. The van der Waals surface area contributed by atoms with Crippen LogP contribution in [0, 0.1) is 11.3 Å². The van der Waals surface area contributed by atoms with E-state index in [1.54, 1.807) is 17.0 Å². The molecule has 14 heteroatoms. The average molecular weight is 613 g/mol. The number of nitriles is 1.